The minimum absolute atomic E-state index is 0.0155. The first-order valence-electron chi connectivity index (χ1n) is 6.24. The predicted molar refractivity (Wildman–Crippen MR) is 70.8 cm³/mol. The van der Waals surface area contributed by atoms with E-state index in [-0.39, 0.29) is 17.8 Å². The van der Waals surface area contributed by atoms with Crippen LogP contribution in [0.1, 0.15) is 26.3 Å². The summed E-state index contributed by atoms with van der Waals surface area (Å²) in [6.45, 7) is 6.26. The highest BCUT2D eigenvalue weighted by atomic mass is 19.1. The number of hydrogen-bond donors (Lipinski definition) is 2. The Hall–Kier alpha value is -1.42. The first kappa shape index (κ1) is 14.6. The molecule has 0 heterocycles. The molecule has 0 aromatic heterocycles. The quantitative estimate of drug-likeness (QED) is 0.811. The van der Waals surface area contributed by atoms with Crippen molar-refractivity contribution in [3.63, 3.8) is 0 Å². The molecule has 1 atom stereocenters. The Morgan fingerprint density at radius 1 is 1.22 bits per heavy atom. The molecule has 4 heteroatoms. The minimum Gasteiger partial charge on any atom is -0.352 e. The van der Waals surface area contributed by atoms with Gasteiger partial charge in [0, 0.05) is 12.1 Å². The van der Waals surface area contributed by atoms with E-state index in [1.54, 1.807) is 12.1 Å². The Labute approximate surface area is 108 Å². The van der Waals surface area contributed by atoms with E-state index in [0.717, 1.165) is 5.56 Å². The number of amides is 1. The fourth-order valence-corrected chi connectivity index (χ4v) is 1.65. The Morgan fingerprint density at radius 3 is 2.39 bits per heavy atom. The second-order valence-corrected chi connectivity index (χ2v) is 4.83. The van der Waals surface area contributed by atoms with Crippen LogP contribution in [0.3, 0.4) is 0 Å². The summed E-state index contributed by atoms with van der Waals surface area (Å²) in [5, 5.41) is 5.96. The molecule has 0 aliphatic carbocycles. The van der Waals surface area contributed by atoms with E-state index in [9.17, 15) is 9.18 Å². The molecule has 0 spiro atoms. The molecule has 1 rings (SSSR count). The fraction of sp³-hybridized carbons (Fsp3) is 0.500. The zero-order valence-electron chi connectivity index (χ0n) is 11.2. The number of carbonyl (C=O) groups excluding carboxylic acids is 1. The van der Waals surface area contributed by atoms with Crippen molar-refractivity contribution in [1.29, 1.82) is 0 Å². The van der Waals surface area contributed by atoms with Crippen LogP contribution in [0.2, 0.25) is 0 Å². The summed E-state index contributed by atoms with van der Waals surface area (Å²) >= 11 is 0. The highest BCUT2D eigenvalue weighted by Crippen LogP contribution is 2.05. The van der Waals surface area contributed by atoms with Gasteiger partial charge >= 0.3 is 0 Å². The lowest BCUT2D eigenvalue weighted by Crippen LogP contribution is -2.41. The number of carbonyl (C=O) groups is 1. The molecule has 0 aliphatic heterocycles. The van der Waals surface area contributed by atoms with Crippen molar-refractivity contribution in [1.82, 2.24) is 10.6 Å². The third-order valence-electron chi connectivity index (χ3n) is 2.53. The van der Waals surface area contributed by atoms with Crippen molar-refractivity contribution in [2.45, 2.75) is 39.3 Å². The van der Waals surface area contributed by atoms with E-state index in [1.807, 2.05) is 20.8 Å². The molecule has 0 saturated heterocycles. The average Bonchev–Trinajstić information content (AvgIpc) is 2.29. The second-order valence-electron chi connectivity index (χ2n) is 4.83. The summed E-state index contributed by atoms with van der Waals surface area (Å²) in [4.78, 5) is 11.6. The summed E-state index contributed by atoms with van der Waals surface area (Å²) in [7, 11) is 0. The maximum Gasteiger partial charge on any atom is 0.234 e. The average molecular weight is 252 g/mol. The van der Waals surface area contributed by atoms with Gasteiger partial charge in [-0.05, 0) is 31.0 Å². The van der Waals surface area contributed by atoms with Crippen LogP contribution >= 0.6 is 0 Å². The molecule has 0 radical (unpaired) electrons. The van der Waals surface area contributed by atoms with Crippen LogP contribution in [-0.4, -0.2) is 24.5 Å². The van der Waals surface area contributed by atoms with E-state index >= 15 is 0 Å². The molecule has 0 aliphatic rings. The SMILES string of the molecule is CC(C)NCC(=O)NC(C)Cc1ccc(F)cc1. The molecule has 0 fully saturated rings. The predicted octanol–water partition coefficient (Wildman–Crippen LogP) is 1.87. The van der Waals surface area contributed by atoms with Gasteiger partial charge < -0.3 is 10.6 Å². The zero-order chi connectivity index (χ0) is 13.5. The summed E-state index contributed by atoms with van der Waals surface area (Å²) in [5.74, 6) is -0.255. The smallest absolute Gasteiger partial charge is 0.234 e. The second kappa shape index (κ2) is 7.11. The van der Waals surface area contributed by atoms with E-state index in [2.05, 4.69) is 10.6 Å². The van der Waals surface area contributed by atoms with Gasteiger partial charge in [-0.2, -0.15) is 0 Å². The van der Waals surface area contributed by atoms with Crippen LogP contribution in [0.4, 0.5) is 4.39 Å². The van der Waals surface area contributed by atoms with Crippen LogP contribution in [0, 0.1) is 5.82 Å². The summed E-state index contributed by atoms with van der Waals surface area (Å²) in [5.41, 5.74) is 1.01. The number of benzene rings is 1. The van der Waals surface area contributed by atoms with Crippen molar-refractivity contribution in [3.8, 4) is 0 Å². The highest BCUT2D eigenvalue weighted by molar-refractivity contribution is 5.78. The van der Waals surface area contributed by atoms with E-state index in [1.165, 1.54) is 12.1 Å². The van der Waals surface area contributed by atoms with Crippen LogP contribution in [0.5, 0.6) is 0 Å². The summed E-state index contributed by atoms with van der Waals surface area (Å²) in [6.07, 6.45) is 0.702. The van der Waals surface area contributed by atoms with E-state index < -0.39 is 0 Å². The van der Waals surface area contributed by atoms with Gasteiger partial charge in [-0.3, -0.25) is 4.79 Å². The monoisotopic (exact) mass is 252 g/mol. The molecular weight excluding hydrogens is 231 g/mol. The molecule has 0 bridgehead atoms. The van der Waals surface area contributed by atoms with Gasteiger partial charge in [0.2, 0.25) is 5.91 Å². The third kappa shape index (κ3) is 5.77. The molecule has 18 heavy (non-hydrogen) atoms. The van der Waals surface area contributed by atoms with Crippen LogP contribution in [-0.2, 0) is 11.2 Å². The molecule has 1 aromatic carbocycles. The Bertz CT molecular complexity index is 376. The zero-order valence-corrected chi connectivity index (χ0v) is 11.2. The topological polar surface area (TPSA) is 41.1 Å². The largest absolute Gasteiger partial charge is 0.352 e. The van der Waals surface area contributed by atoms with Gasteiger partial charge in [0.05, 0.1) is 6.54 Å². The van der Waals surface area contributed by atoms with E-state index in [4.69, 9.17) is 0 Å². The highest BCUT2D eigenvalue weighted by Gasteiger charge is 2.08. The Kier molecular flexibility index (Phi) is 5.78. The lowest BCUT2D eigenvalue weighted by molar-refractivity contribution is -0.120. The number of hydrogen-bond acceptors (Lipinski definition) is 2. The lowest BCUT2D eigenvalue weighted by atomic mass is 10.1. The number of halogens is 1. The van der Waals surface area contributed by atoms with Crippen LogP contribution < -0.4 is 10.6 Å². The molecule has 1 unspecified atom stereocenters. The lowest BCUT2D eigenvalue weighted by Gasteiger charge is -2.15. The maximum absolute atomic E-state index is 12.7. The minimum atomic E-state index is -0.239. The maximum atomic E-state index is 12.7. The molecule has 2 N–H and O–H groups in total. The van der Waals surface area contributed by atoms with Crippen molar-refractivity contribution in [3.05, 3.63) is 35.6 Å². The van der Waals surface area contributed by atoms with Crippen molar-refractivity contribution < 1.29 is 9.18 Å². The van der Waals surface area contributed by atoms with Gasteiger partial charge in [0.1, 0.15) is 5.82 Å². The third-order valence-corrected chi connectivity index (χ3v) is 2.53. The molecule has 1 amide bonds. The molecule has 1 aromatic rings. The number of rotatable bonds is 6. The first-order chi connectivity index (χ1) is 8.47. The van der Waals surface area contributed by atoms with Crippen LogP contribution in [0.25, 0.3) is 0 Å². The Morgan fingerprint density at radius 2 is 1.83 bits per heavy atom. The first-order valence-corrected chi connectivity index (χ1v) is 6.24. The normalized spacial score (nSPS) is 12.5. The van der Waals surface area contributed by atoms with Crippen LogP contribution in [0.15, 0.2) is 24.3 Å². The number of nitrogens with one attached hydrogen (secondary N) is 2. The standard InChI is InChI=1S/C14H21FN2O/c1-10(2)16-9-14(18)17-11(3)8-12-4-6-13(15)7-5-12/h4-7,10-11,16H,8-9H2,1-3H3,(H,17,18). The van der Waals surface area contributed by atoms with Crippen molar-refractivity contribution >= 4 is 5.91 Å². The van der Waals surface area contributed by atoms with Gasteiger partial charge in [-0.1, -0.05) is 26.0 Å². The molecular formula is C14H21FN2O. The summed E-state index contributed by atoms with van der Waals surface area (Å²) < 4.78 is 12.7. The molecule has 100 valence electrons. The Balaban J connectivity index is 2.34. The summed E-state index contributed by atoms with van der Waals surface area (Å²) in [6, 6.07) is 6.68. The fourth-order valence-electron chi connectivity index (χ4n) is 1.65. The van der Waals surface area contributed by atoms with Crippen molar-refractivity contribution in [2.75, 3.05) is 6.54 Å². The molecule has 3 nitrogen and oxygen atoms in total. The van der Waals surface area contributed by atoms with Gasteiger partial charge in [-0.15, -0.1) is 0 Å². The van der Waals surface area contributed by atoms with E-state index in [0.29, 0.717) is 19.0 Å². The van der Waals surface area contributed by atoms with Crippen molar-refractivity contribution in [2.24, 2.45) is 0 Å². The van der Waals surface area contributed by atoms with Gasteiger partial charge in [0.25, 0.3) is 0 Å². The van der Waals surface area contributed by atoms with Gasteiger partial charge in [-0.25, -0.2) is 4.39 Å². The van der Waals surface area contributed by atoms with Gasteiger partial charge in [0.15, 0.2) is 0 Å². The molecule has 0 saturated carbocycles.